The van der Waals surface area contributed by atoms with Gasteiger partial charge in [-0.3, -0.25) is 9.59 Å². The zero-order valence-electron chi connectivity index (χ0n) is 31.7. The van der Waals surface area contributed by atoms with E-state index in [9.17, 15) is 9.59 Å². The first-order chi connectivity index (χ1) is 23.2. The molecule has 0 aromatic carbocycles. The summed E-state index contributed by atoms with van der Waals surface area (Å²) in [7, 11) is 0. The Bertz CT molecular complexity index is 721. The van der Waals surface area contributed by atoms with Gasteiger partial charge in [-0.2, -0.15) is 0 Å². The lowest BCUT2D eigenvalue weighted by molar-refractivity contribution is -0.131. The molecule has 276 valence electrons. The lowest BCUT2D eigenvalue weighted by atomic mass is 10.1. The summed E-state index contributed by atoms with van der Waals surface area (Å²) < 4.78 is 0. The van der Waals surface area contributed by atoms with E-state index in [1.165, 1.54) is 154 Å². The summed E-state index contributed by atoms with van der Waals surface area (Å²) >= 11 is 0. The maximum atomic E-state index is 12.7. The van der Waals surface area contributed by atoms with Gasteiger partial charge in [0.25, 0.3) is 0 Å². The van der Waals surface area contributed by atoms with Gasteiger partial charge < -0.3 is 16.0 Å². The number of nitrogens with two attached hydrogens (primary N) is 1. The Morgan fingerprint density at radius 2 is 0.851 bits per heavy atom. The standard InChI is InChI=1S/C42H81N3O2/c1-3-5-7-9-11-13-15-17-19-21-23-25-27-29-31-33-35-41(46)44-38-40-45(39-37-43)42(47)36-34-32-30-28-26-24-22-20-18-16-14-12-10-8-6-4-2/h19-22H,3-18,23-40,43H2,1-2H3,(H,44,46)/b21-19-,22-20-. The Hall–Kier alpha value is -1.62. The van der Waals surface area contributed by atoms with E-state index in [0.717, 1.165) is 25.7 Å². The zero-order chi connectivity index (χ0) is 34.3. The van der Waals surface area contributed by atoms with E-state index in [1.54, 1.807) is 0 Å². The van der Waals surface area contributed by atoms with Crippen molar-refractivity contribution in [2.75, 3.05) is 26.2 Å². The van der Waals surface area contributed by atoms with Crippen LogP contribution in [-0.4, -0.2) is 42.9 Å². The number of nitrogens with one attached hydrogen (secondary N) is 1. The van der Waals surface area contributed by atoms with Crippen LogP contribution in [-0.2, 0) is 9.59 Å². The Morgan fingerprint density at radius 1 is 0.489 bits per heavy atom. The Kier molecular flexibility index (Phi) is 37.5. The van der Waals surface area contributed by atoms with Crippen molar-refractivity contribution < 1.29 is 9.59 Å². The second kappa shape index (κ2) is 38.8. The fraction of sp³-hybridized carbons (Fsp3) is 0.857. The molecule has 0 unspecified atom stereocenters. The van der Waals surface area contributed by atoms with Gasteiger partial charge in [0.2, 0.25) is 11.8 Å². The first kappa shape index (κ1) is 45.4. The Labute approximate surface area is 293 Å². The summed E-state index contributed by atoms with van der Waals surface area (Å²) in [5, 5.41) is 3.01. The Morgan fingerprint density at radius 3 is 1.26 bits per heavy atom. The van der Waals surface area contributed by atoms with E-state index < -0.39 is 0 Å². The smallest absolute Gasteiger partial charge is 0.222 e. The minimum Gasteiger partial charge on any atom is -0.354 e. The molecule has 0 saturated carbocycles. The van der Waals surface area contributed by atoms with E-state index in [0.29, 0.717) is 39.0 Å². The lowest BCUT2D eigenvalue weighted by Crippen LogP contribution is -2.41. The molecule has 0 spiro atoms. The molecule has 0 rings (SSSR count). The van der Waals surface area contributed by atoms with Gasteiger partial charge in [-0.1, -0.05) is 154 Å². The van der Waals surface area contributed by atoms with Crippen molar-refractivity contribution in [1.82, 2.24) is 10.2 Å². The van der Waals surface area contributed by atoms with Crippen LogP contribution in [0.15, 0.2) is 24.3 Å². The minimum atomic E-state index is 0.103. The maximum Gasteiger partial charge on any atom is 0.222 e. The minimum absolute atomic E-state index is 0.103. The average molecular weight is 660 g/mol. The molecule has 0 radical (unpaired) electrons. The number of hydrogen-bond donors (Lipinski definition) is 2. The summed E-state index contributed by atoms with van der Waals surface area (Å²) in [6, 6.07) is 0. The van der Waals surface area contributed by atoms with Crippen LogP contribution in [0.3, 0.4) is 0 Å². The molecular weight excluding hydrogens is 578 g/mol. The molecule has 2 amide bonds. The van der Waals surface area contributed by atoms with Gasteiger partial charge in [0.1, 0.15) is 0 Å². The van der Waals surface area contributed by atoms with E-state index in [4.69, 9.17) is 5.73 Å². The van der Waals surface area contributed by atoms with E-state index in [-0.39, 0.29) is 11.8 Å². The molecule has 0 aromatic rings. The molecule has 0 aromatic heterocycles. The van der Waals surface area contributed by atoms with Crippen LogP contribution < -0.4 is 11.1 Å². The van der Waals surface area contributed by atoms with Crippen LogP contribution in [0.25, 0.3) is 0 Å². The molecule has 0 saturated heterocycles. The number of nitrogens with zero attached hydrogens (tertiary/aromatic N) is 1. The predicted molar refractivity (Wildman–Crippen MR) is 207 cm³/mol. The largest absolute Gasteiger partial charge is 0.354 e. The summed E-state index contributed by atoms with van der Waals surface area (Å²) in [6.45, 7) is 6.64. The highest BCUT2D eigenvalue weighted by Gasteiger charge is 2.12. The van der Waals surface area contributed by atoms with Crippen molar-refractivity contribution >= 4 is 11.8 Å². The SMILES string of the molecule is CCCCCCCCC/C=C\CCCCCCCC(=O)NCCN(CCN)C(=O)CCCCCCC/C=C\CCCCCCCCC. The third-order valence-electron chi connectivity index (χ3n) is 9.27. The van der Waals surface area contributed by atoms with Crippen LogP contribution >= 0.6 is 0 Å². The highest BCUT2D eigenvalue weighted by Crippen LogP contribution is 2.12. The first-order valence-corrected chi connectivity index (χ1v) is 20.7. The number of hydrogen-bond acceptors (Lipinski definition) is 3. The zero-order valence-corrected chi connectivity index (χ0v) is 31.7. The predicted octanol–water partition coefficient (Wildman–Crippen LogP) is 11.7. The fourth-order valence-corrected chi connectivity index (χ4v) is 6.15. The molecule has 5 nitrogen and oxygen atoms in total. The molecule has 3 N–H and O–H groups in total. The molecule has 47 heavy (non-hydrogen) atoms. The van der Waals surface area contributed by atoms with Crippen LogP contribution in [0.1, 0.15) is 206 Å². The summed E-state index contributed by atoms with van der Waals surface area (Å²) in [5.74, 6) is 0.275. The van der Waals surface area contributed by atoms with Gasteiger partial charge in [0, 0.05) is 39.0 Å². The van der Waals surface area contributed by atoms with Gasteiger partial charge in [-0.25, -0.2) is 0 Å². The summed E-state index contributed by atoms with van der Waals surface area (Å²) in [5.41, 5.74) is 5.77. The molecule has 0 aliphatic heterocycles. The second-order valence-electron chi connectivity index (χ2n) is 13.9. The number of rotatable bonds is 37. The number of carbonyl (C=O) groups is 2. The highest BCUT2D eigenvalue weighted by atomic mass is 16.2. The van der Waals surface area contributed by atoms with Crippen LogP contribution in [0, 0.1) is 0 Å². The van der Waals surface area contributed by atoms with Crippen molar-refractivity contribution in [3.05, 3.63) is 24.3 Å². The quantitative estimate of drug-likeness (QED) is 0.0515. The van der Waals surface area contributed by atoms with E-state index >= 15 is 0 Å². The van der Waals surface area contributed by atoms with Crippen molar-refractivity contribution in [3.63, 3.8) is 0 Å². The molecule has 0 bridgehead atoms. The molecule has 0 fully saturated rings. The van der Waals surface area contributed by atoms with Gasteiger partial charge in [-0.05, 0) is 64.2 Å². The Balaban J connectivity index is 3.66. The number of amides is 2. The third-order valence-corrected chi connectivity index (χ3v) is 9.27. The maximum absolute atomic E-state index is 12.7. The van der Waals surface area contributed by atoms with Crippen molar-refractivity contribution in [2.24, 2.45) is 5.73 Å². The van der Waals surface area contributed by atoms with E-state index in [1.807, 2.05) is 4.90 Å². The first-order valence-electron chi connectivity index (χ1n) is 20.7. The topological polar surface area (TPSA) is 75.4 Å². The monoisotopic (exact) mass is 660 g/mol. The second-order valence-corrected chi connectivity index (χ2v) is 13.9. The van der Waals surface area contributed by atoms with Gasteiger partial charge in [0.15, 0.2) is 0 Å². The van der Waals surface area contributed by atoms with Crippen LogP contribution in [0.4, 0.5) is 0 Å². The number of carbonyl (C=O) groups excluding carboxylic acids is 2. The third kappa shape index (κ3) is 35.5. The van der Waals surface area contributed by atoms with Crippen LogP contribution in [0.5, 0.6) is 0 Å². The summed E-state index contributed by atoms with van der Waals surface area (Å²) in [6.07, 6.45) is 46.3. The van der Waals surface area contributed by atoms with Gasteiger partial charge in [-0.15, -0.1) is 0 Å². The molecule has 5 heteroatoms. The summed E-state index contributed by atoms with van der Waals surface area (Å²) in [4.78, 5) is 26.9. The average Bonchev–Trinajstić information content (AvgIpc) is 3.07. The lowest BCUT2D eigenvalue weighted by Gasteiger charge is -2.22. The van der Waals surface area contributed by atoms with Gasteiger partial charge in [0.05, 0.1) is 0 Å². The highest BCUT2D eigenvalue weighted by molar-refractivity contribution is 5.77. The molecule has 0 heterocycles. The van der Waals surface area contributed by atoms with Crippen molar-refractivity contribution in [3.8, 4) is 0 Å². The molecular formula is C42H81N3O2. The number of allylic oxidation sites excluding steroid dienone is 4. The van der Waals surface area contributed by atoms with E-state index in [2.05, 4.69) is 43.5 Å². The number of unbranched alkanes of at least 4 members (excludes halogenated alkanes) is 24. The normalized spacial score (nSPS) is 11.6. The molecule has 0 atom stereocenters. The van der Waals surface area contributed by atoms with Crippen molar-refractivity contribution in [2.45, 2.75) is 206 Å². The van der Waals surface area contributed by atoms with Crippen molar-refractivity contribution in [1.29, 1.82) is 0 Å². The molecule has 0 aliphatic rings. The molecule has 0 aliphatic carbocycles. The van der Waals surface area contributed by atoms with Gasteiger partial charge >= 0.3 is 0 Å². The fourth-order valence-electron chi connectivity index (χ4n) is 6.15. The van der Waals surface area contributed by atoms with Crippen LogP contribution in [0.2, 0.25) is 0 Å².